The zero-order valence-electron chi connectivity index (χ0n) is 17.3. The molecule has 1 saturated heterocycles. The van der Waals surface area contributed by atoms with Gasteiger partial charge in [-0.05, 0) is 43.4 Å². The number of hydrogen-bond donors (Lipinski definition) is 1. The van der Waals surface area contributed by atoms with Gasteiger partial charge in [0, 0.05) is 35.3 Å². The number of rotatable bonds is 5. The first-order valence-electron chi connectivity index (χ1n) is 9.69. The van der Waals surface area contributed by atoms with E-state index in [-0.39, 0.29) is 10.7 Å². The molecule has 0 aliphatic carbocycles. The average Bonchev–Trinajstić information content (AvgIpc) is 3.14. The molecule has 2 heterocycles. The van der Waals surface area contributed by atoms with Crippen LogP contribution in [-0.4, -0.2) is 35.7 Å². The first kappa shape index (κ1) is 20.6. The van der Waals surface area contributed by atoms with Crippen LogP contribution in [0.3, 0.4) is 0 Å². The molecule has 4 rings (SSSR count). The SMILES string of the molecule is CCn1cc(/C=C2\C(=O)NC(=S)N(c3ccc(OC)cc3OC)C2=O)c2ccccc21. The van der Waals surface area contributed by atoms with E-state index in [2.05, 4.69) is 9.88 Å². The lowest BCUT2D eigenvalue weighted by atomic mass is 10.1. The molecule has 2 aromatic carbocycles. The van der Waals surface area contributed by atoms with Crippen LogP contribution >= 0.6 is 12.2 Å². The van der Waals surface area contributed by atoms with E-state index in [0.29, 0.717) is 17.2 Å². The van der Waals surface area contributed by atoms with Crippen molar-refractivity contribution in [1.29, 1.82) is 0 Å². The monoisotopic (exact) mass is 435 g/mol. The number of hydrogen-bond acceptors (Lipinski definition) is 5. The van der Waals surface area contributed by atoms with Gasteiger partial charge in [0.2, 0.25) is 0 Å². The van der Waals surface area contributed by atoms with Gasteiger partial charge in [0.15, 0.2) is 5.11 Å². The Balaban J connectivity index is 1.81. The first-order chi connectivity index (χ1) is 15.0. The second kappa shape index (κ2) is 8.23. The Kier molecular flexibility index (Phi) is 5.48. The van der Waals surface area contributed by atoms with Crippen LogP contribution in [0.5, 0.6) is 11.5 Å². The van der Waals surface area contributed by atoms with Gasteiger partial charge in [-0.3, -0.25) is 14.9 Å². The molecule has 0 unspecified atom stereocenters. The average molecular weight is 436 g/mol. The van der Waals surface area contributed by atoms with Crippen molar-refractivity contribution < 1.29 is 19.1 Å². The van der Waals surface area contributed by atoms with E-state index in [0.717, 1.165) is 23.0 Å². The zero-order valence-corrected chi connectivity index (χ0v) is 18.2. The Morgan fingerprint density at radius 3 is 2.58 bits per heavy atom. The maximum absolute atomic E-state index is 13.4. The minimum atomic E-state index is -0.535. The third kappa shape index (κ3) is 3.55. The third-order valence-corrected chi connectivity index (χ3v) is 5.47. The van der Waals surface area contributed by atoms with Gasteiger partial charge in [-0.1, -0.05) is 18.2 Å². The van der Waals surface area contributed by atoms with Crippen LogP contribution in [0.2, 0.25) is 0 Å². The van der Waals surface area contributed by atoms with Crippen LogP contribution in [-0.2, 0) is 16.1 Å². The van der Waals surface area contributed by atoms with Crippen molar-refractivity contribution in [2.75, 3.05) is 19.1 Å². The fraction of sp³-hybridized carbons (Fsp3) is 0.174. The molecular weight excluding hydrogens is 414 g/mol. The van der Waals surface area contributed by atoms with Crippen LogP contribution in [0.1, 0.15) is 12.5 Å². The summed E-state index contributed by atoms with van der Waals surface area (Å²) in [6, 6.07) is 12.9. The third-order valence-electron chi connectivity index (χ3n) is 5.19. The van der Waals surface area contributed by atoms with Crippen LogP contribution in [0.15, 0.2) is 54.2 Å². The highest BCUT2D eigenvalue weighted by atomic mass is 32.1. The molecule has 0 atom stereocenters. The number of fused-ring (bicyclic) bond motifs is 1. The second-order valence-corrected chi connectivity index (χ2v) is 7.27. The van der Waals surface area contributed by atoms with Crippen LogP contribution in [0.4, 0.5) is 5.69 Å². The van der Waals surface area contributed by atoms with Crippen molar-refractivity contribution in [3.05, 3.63) is 59.8 Å². The number of amides is 2. The number of anilines is 1. The van der Waals surface area contributed by atoms with Crippen LogP contribution in [0.25, 0.3) is 17.0 Å². The normalized spacial score (nSPS) is 15.5. The summed E-state index contributed by atoms with van der Waals surface area (Å²) >= 11 is 5.30. The number of aromatic nitrogens is 1. The maximum atomic E-state index is 13.4. The number of methoxy groups -OCH3 is 2. The number of nitrogens with zero attached hydrogens (tertiary/aromatic N) is 2. The molecule has 1 aliphatic heterocycles. The summed E-state index contributed by atoms with van der Waals surface area (Å²) in [5.74, 6) is -0.0890. The minimum Gasteiger partial charge on any atom is -0.497 e. The fourth-order valence-corrected chi connectivity index (χ4v) is 3.93. The van der Waals surface area contributed by atoms with Crippen molar-refractivity contribution >= 4 is 51.8 Å². The number of ether oxygens (including phenoxy) is 2. The van der Waals surface area contributed by atoms with Gasteiger partial charge in [-0.25, -0.2) is 4.90 Å². The molecule has 0 bridgehead atoms. The van der Waals surface area contributed by atoms with E-state index in [9.17, 15) is 9.59 Å². The number of carbonyl (C=O) groups is 2. The molecule has 3 aromatic rings. The van der Waals surface area contributed by atoms with Gasteiger partial charge in [0.1, 0.15) is 17.1 Å². The summed E-state index contributed by atoms with van der Waals surface area (Å²) < 4.78 is 12.7. The molecule has 0 saturated carbocycles. The van der Waals surface area contributed by atoms with E-state index in [1.807, 2.05) is 37.4 Å². The molecule has 1 aliphatic rings. The molecule has 0 radical (unpaired) electrons. The Hall–Kier alpha value is -3.65. The van der Waals surface area contributed by atoms with Crippen LogP contribution < -0.4 is 19.7 Å². The molecule has 31 heavy (non-hydrogen) atoms. The molecule has 1 N–H and O–H groups in total. The minimum absolute atomic E-state index is 0.00777. The summed E-state index contributed by atoms with van der Waals surface area (Å²) in [5, 5.41) is 3.56. The summed E-state index contributed by atoms with van der Waals surface area (Å²) in [4.78, 5) is 27.4. The van der Waals surface area contributed by atoms with E-state index in [1.54, 1.807) is 31.4 Å². The van der Waals surface area contributed by atoms with E-state index >= 15 is 0 Å². The molecule has 8 heteroatoms. The predicted octanol–water partition coefficient (Wildman–Crippen LogP) is 3.51. The fourth-order valence-electron chi connectivity index (χ4n) is 3.65. The zero-order chi connectivity index (χ0) is 22.1. The predicted molar refractivity (Wildman–Crippen MR) is 123 cm³/mol. The largest absolute Gasteiger partial charge is 0.497 e. The molecule has 2 amide bonds. The molecule has 1 aromatic heterocycles. The summed E-state index contributed by atoms with van der Waals surface area (Å²) in [7, 11) is 3.03. The number of carbonyl (C=O) groups excluding carboxylic acids is 2. The van der Waals surface area contributed by atoms with Crippen molar-refractivity contribution in [3.8, 4) is 11.5 Å². The van der Waals surface area contributed by atoms with Crippen molar-refractivity contribution in [2.45, 2.75) is 13.5 Å². The van der Waals surface area contributed by atoms with Crippen molar-refractivity contribution in [2.24, 2.45) is 0 Å². The standard InChI is InChI=1S/C23H21N3O4S/c1-4-25-13-14(16-7-5-6-8-18(16)25)11-17-21(27)24-23(31)26(22(17)28)19-10-9-15(29-2)12-20(19)30-3/h5-13H,4H2,1-3H3,(H,24,27,31)/b17-11+. The summed E-state index contributed by atoms with van der Waals surface area (Å²) in [6.45, 7) is 2.81. The van der Waals surface area contributed by atoms with Gasteiger partial charge >= 0.3 is 0 Å². The number of aryl methyl sites for hydroxylation is 1. The lowest BCUT2D eigenvalue weighted by Crippen LogP contribution is -2.54. The molecular formula is C23H21N3O4S. The Morgan fingerprint density at radius 1 is 1.10 bits per heavy atom. The summed E-state index contributed by atoms with van der Waals surface area (Å²) in [5.41, 5.74) is 2.22. The van der Waals surface area contributed by atoms with Crippen molar-refractivity contribution in [3.63, 3.8) is 0 Å². The van der Waals surface area contributed by atoms with E-state index < -0.39 is 11.8 Å². The maximum Gasteiger partial charge on any atom is 0.270 e. The van der Waals surface area contributed by atoms with Gasteiger partial charge < -0.3 is 14.0 Å². The quantitative estimate of drug-likeness (QED) is 0.377. The van der Waals surface area contributed by atoms with Gasteiger partial charge in [0.25, 0.3) is 11.8 Å². The molecule has 158 valence electrons. The smallest absolute Gasteiger partial charge is 0.270 e. The summed E-state index contributed by atoms with van der Waals surface area (Å²) in [6.07, 6.45) is 3.54. The van der Waals surface area contributed by atoms with Crippen molar-refractivity contribution in [1.82, 2.24) is 9.88 Å². The number of para-hydroxylation sites is 1. The molecule has 0 spiro atoms. The topological polar surface area (TPSA) is 72.8 Å². The number of thiocarbonyl (C=S) groups is 1. The van der Waals surface area contributed by atoms with E-state index in [1.165, 1.54) is 12.0 Å². The Labute approximate surface area is 184 Å². The highest BCUT2D eigenvalue weighted by molar-refractivity contribution is 7.80. The first-order valence-corrected chi connectivity index (χ1v) is 10.1. The van der Waals surface area contributed by atoms with Gasteiger partial charge in [0.05, 0.1) is 19.9 Å². The number of benzene rings is 2. The van der Waals surface area contributed by atoms with Gasteiger partial charge in [-0.15, -0.1) is 0 Å². The lowest BCUT2D eigenvalue weighted by Gasteiger charge is -2.30. The highest BCUT2D eigenvalue weighted by Gasteiger charge is 2.36. The molecule has 7 nitrogen and oxygen atoms in total. The lowest BCUT2D eigenvalue weighted by molar-refractivity contribution is -0.122. The molecule has 1 fully saturated rings. The Morgan fingerprint density at radius 2 is 1.87 bits per heavy atom. The van der Waals surface area contributed by atoms with Gasteiger partial charge in [-0.2, -0.15) is 0 Å². The number of nitrogens with one attached hydrogen (secondary N) is 1. The highest BCUT2D eigenvalue weighted by Crippen LogP contribution is 2.34. The Bertz CT molecular complexity index is 1240. The second-order valence-electron chi connectivity index (χ2n) is 6.88. The van der Waals surface area contributed by atoms with E-state index in [4.69, 9.17) is 21.7 Å². The van der Waals surface area contributed by atoms with Crippen LogP contribution in [0, 0.1) is 0 Å².